The third-order valence-corrected chi connectivity index (χ3v) is 7.01. The number of thiophene rings is 1. The van der Waals surface area contributed by atoms with Gasteiger partial charge in [0.05, 0.1) is 5.39 Å². The fraction of sp³-hybridized carbons (Fsp3) is 0.600. The Morgan fingerprint density at radius 1 is 1.27 bits per heavy atom. The highest BCUT2D eigenvalue weighted by molar-refractivity contribution is 7.19. The summed E-state index contributed by atoms with van der Waals surface area (Å²) in [6.45, 7) is 0. The van der Waals surface area contributed by atoms with E-state index in [-0.39, 0.29) is 12.0 Å². The second-order valence-corrected chi connectivity index (χ2v) is 8.81. The van der Waals surface area contributed by atoms with Gasteiger partial charge >= 0.3 is 0 Å². The summed E-state index contributed by atoms with van der Waals surface area (Å²) in [5, 5.41) is 1.18. The first-order valence-electron chi connectivity index (χ1n) is 9.72. The molecule has 0 radical (unpaired) electrons. The fourth-order valence-electron chi connectivity index (χ4n) is 4.42. The minimum absolute atomic E-state index is 0.205. The van der Waals surface area contributed by atoms with Crippen molar-refractivity contribution in [3.8, 4) is 5.88 Å². The van der Waals surface area contributed by atoms with Gasteiger partial charge in [-0.1, -0.05) is 0 Å². The molecule has 4 N–H and O–H groups in total. The molecule has 4 rings (SSSR count). The van der Waals surface area contributed by atoms with Gasteiger partial charge in [0.2, 0.25) is 11.8 Å². The number of nitrogens with two attached hydrogens (primary N) is 2. The second kappa shape index (κ2) is 7.53. The molecule has 0 aliphatic heterocycles. The Labute approximate surface area is 158 Å². The molecule has 2 aliphatic rings. The van der Waals surface area contributed by atoms with Crippen molar-refractivity contribution in [2.24, 2.45) is 11.5 Å². The van der Waals surface area contributed by atoms with Crippen molar-refractivity contribution in [2.75, 3.05) is 0 Å². The molecule has 0 aromatic carbocycles. The smallest absolute Gasteiger partial charge is 0.222 e. The molecule has 140 valence electrons. The number of hydrogen-bond acceptors (Lipinski definition) is 5. The zero-order chi connectivity index (χ0) is 18.1. The number of aryl methyl sites for hydroxylation is 1. The largest absolute Gasteiger partial charge is 0.474 e. The van der Waals surface area contributed by atoms with Gasteiger partial charge in [0.15, 0.2) is 0 Å². The second-order valence-electron chi connectivity index (χ2n) is 7.68. The lowest BCUT2D eigenvalue weighted by Gasteiger charge is -2.27. The van der Waals surface area contributed by atoms with Crippen LogP contribution in [0.3, 0.4) is 0 Å². The van der Waals surface area contributed by atoms with E-state index in [0.29, 0.717) is 18.4 Å². The van der Waals surface area contributed by atoms with Crippen LogP contribution < -0.4 is 16.2 Å². The van der Waals surface area contributed by atoms with Crippen LogP contribution in [0, 0.1) is 0 Å². The Bertz CT molecular complexity index is 796. The first-order valence-corrected chi connectivity index (χ1v) is 10.5. The van der Waals surface area contributed by atoms with Gasteiger partial charge in [-0.05, 0) is 68.9 Å². The van der Waals surface area contributed by atoms with Crippen LogP contribution in [0.5, 0.6) is 5.88 Å². The Morgan fingerprint density at radius 2 is 2.08 bits per heavy atom. The van der Waals surface area contributed by atoms with Gasteiger partial charge in [0.1, 0.15) is 6.10 Å². The number of pyridine rings is 1. The highest BCUT2D eigenvalue weighted by Gasteiger charge is 2.29. The summed E-state index contributed by atoms with van der Waals surface area (Å²) in [6, 6.07) is 2.40. The van der Waals surface area contributed by atoms with Crippen LogP contribution in [0.4, 0.5) is 0 Å². The van der Waals surface area contributed by atoms with Crippen molar-refractivity contribution in [3.05, 3.63) is 22.7 Å². The number of nitrogens with zero attached hydrogens (tertiary/aromatic N) is 1. The molecule has 2 aromatic heterocycles. The number of fused-ring (bicyclic) bond motifs is 3. The van der Waals surface area contributed by atoms with Crippen molar-refractivity contribution in [1.82, 2.24) is 4.98 Å². The molecule has 26 heavy (non-hydrogen) atoms. The molecule has 5 nitrogen and oxygen atoms in total. The molecule has 2 aromatic rings. The molecular formula is C20H27N3O2S. The average molecular weight is 374 g/mol. The van der Waals surface area contributed by atoms with Crippen molar-refractivity contribution >= 4 is 27.3 Å². The Morgan fingerprint density at radius 3 is 2.85 bits per heavy atom. The lowest BCUT2D eigenvalue weighted by Crippen LogP contribution is -2.31. The number of aromatic nitrogens is 1. The van der Waals surface area contributed by atoms with E-state index in [4.69, 9.17) is 16.2 Å². The first kappa shape index (κ1) is 17.7. The van der Waals surface area contributed by atoms with Gasteiger partial charge in [-0.3, -0.25) is 4.79 Å². The normalized spacial score (nSPS) is 25.8. The van der Waals surface area contributed by atoms with E-state index < -0.39 is 0 Å². The van der Waals surface area contributed by atoms with Crippen LogP contribution in [0.1, 0.15) is 67.7 Å². The molecule has 0 saturated heterocycles. The van der Waals surface area contributed by atoms with Gasteiger partial charge in [0.25, 0.3) is 0 Å². The highest BCUT2D eigenvalue weighted by atomic mass is 32.1. The Kier molecular flexibility index (Phi) is 5.14. The number of ether oxygens (including phenoxy) is 1. The summed E-state index contributed by atoms with van der Waals surface area (Å²) < 4.78 is 7.61. The predicted molar refractivity (Wildman–Crippen MR) is 105 cm³/mol. The summed E-state index contributed by atoms with van der Waals surface area (Å²) in [7, 11) is 0. The van der Waals surface area contributed by atoms with Crippen LogP contribution >= 0.6 is 11.3 Å². The number of carbonyl (C=O) groups excluding carboxylic acids is 1. The van der Waals surface area contributed by atoms with Gasteiger partial charge in [-0.25, -0.2) is 4.98 Å². The van der Waals surface area contributed by atoms with E-state index in [0.717, 1.165) is 50.8 Å². The topological polar surface area (TPSA) is 91.2 Å². The summed E-state index contributed by atoms with van der Waals surface area (Å²) in [5.41, 5.74) is 12.8. The van der Waals surface area contributed by atoms with Gasteiger partial charge in [0, 0.05) is 28.2 Å². The molecule has 0 bridgehead atoms. The number of amides is 1. The molecular weight excluding hydrogens is 346 g/mol. The van der Waals surface area contributed by atoms with E-state index >= 15 is 0 Å². The van der Waals surface area contributed by atoms with Crippen molar-refractivity contribution in [1.29, 1.82) is 0 Å². The van der Waals surface area contributed by atoms with Gasteiger partial charge in [-0.15, -0.1) is 11.3 Å². The molecule has 1 atom stereocenters. The zero-order valence-corrected chi connectivity index (χ0v) is 15.9. The number of rotatable bonds is 5. The maximum Gasteiger partial charge on any atom is 0.222 e. The van der Waals surface area contributed by atoms with Gasteiger partial charge < -0.3 is 16.2 Å². The lowest BCUT2D eigenvalue weighted by atomic mass is 9.83. The van der Waals surface area contributed by atoms with E-state index in [1.54, 1.807) is 0 Å². The van der Waals surface area contributed by atoms with Crippen molar-refractivity contribution in [2.45, 2.75) is 75.9 Å². The summed E-state index contributed by atoms with van der Waals surface area (Å²) in [4.78, 5) is 17.3. The minimum Gasteiger partial charge on any atom is -0.474 e. The van der Waals surface area contributed by atoms with Crippen LogP contribution in [0.2, 0.25) is 0 Å². The molecule has 0 unspecified atom stereocenters. The summed E-state index contributed by atoms with van der Waals surface area (Å²) >= 11 is 1.86. The van der Waals surface area contributed by atoms with Crippen LogP contribution in [-0.2, 0) is 11.2 Å². The van der Waals surface area contributed by atoms with Crippen molar-refractivity contribution < 1.29 is 9.53 Å². The maximum atomic E-state index is 11.3. The Hall–Kier alpha value is -1.66. The van der Waals surface area contributed by atoms with Crippen LogP contribution in [-0.4, -0.2) is 23.0 Å². The molecule has 0 spiro atoms. The zero-order valence-electron chi connectivity index (χ0n) is 15.1. The fourth-order valence-corrected chi connectivity index (χ4v) is 5.73. The SMILES string of the molecule is NC(=O)CC[C@@H]1CCCc2sc3ccnc(OC4CCC(N)CC4)c3c21. The lowest BCUT2D eigenvalue weighted by molar-refractivity contribution is -0.118. The number of hydrogen-bond donors (Lipinski definition) is 2. The average Bonchev–Trinajstić information content (AvgIpc) is 3.02. The minimum atomic E-state index is -0.218. The molecule has 6 heteroatoms. The predicted octanol–water partition coefficient (Wildman–Crippen LogP) is 3.63. The highest BCUT2D eigenvalue weighted by Crippen LogP contribution is 2.47. The molecule has 1 saturated carbocycles. The monoisotopic (exact) mass is 373 g/mol. The van der Waals surface area contributed by atoms with E-state index in [9.17, 15) is 4.79 Å². The Balaban J connectivity index is 1.66. The van der Waals surface area contributed by atoms with Crippen LogP contribution in [0.25, 0.3) is 10.1 Å². The third kappa shape index (κ3) is 3.58. The van der Waals surface area contributed by atoms with E-state index in [1.807, 2.05) is 17.5 Å². The number of primary amides is 1. The summed E-state index contributed by atoms with van der Waals surface area (Å²) in [5.74, 6) is 0.933. The third-order valence-electron chi connectivity index (χ3n) is 5.78. The standard InChI is InChI=1S/C20H27N3O2S/c21-13-5-7-14(8-6-13)25-20-19-16(10-11-23-20)26-15-3-1-2-12(18(15)19)4-9-17(22)24/h10-14H,1-9,21H2,(H2,22,24)/t12-,13?,14?/m0/s1. The van der Waals surface area contributed by atoms with Gasteiger partial charge in [-0.2, -0.15) is 0 Å². The van der Waals surface area contributed by atoms with Crippen molar-refractivity contribution in [3.63, 3.8) is 0 Å². The molecule has 2 heterocycles. The molecule has 1 amide bonds. The maximum absolute atomic E-state index is 11.3. The summed E-state index contributed by atoms with van der Waals surface area (Å²) in [6.07, 6.45) is 10.7. The quantitative estimate of drug-likeness (QED) is 0.837. The molecule has 1 fully saturated rings. The van der Waals surface area contributed by atoms with E-state index in [2.05, 4.69) is 11.1 Å². The first-order chi connectivity index (χ1) is 12.6. The molecule has 2 aliphatic carbocycles. The number of carbonyl (C=O) groups is 1. The van der Waals surface area contributed by atoms with E-state index in [1.165, 1.54) is 26.9 Å². The van der Waals surface area contributed by atoms with Crippen LogP contribution in [0.15, 0.2) is 12.3 Å².